The van der Waals surface area contributed by atoms with E-state index in [1.807, 2.05) is 50.4 Å². The number of anilines is 1. The maximum atomic E-state index is 4.44. The molecule has 0 saturated carbocycles. The molecule has 0 atom stereocenters. The van der Waals surface area contributed by atoms with E-state index in [0.717, 1.165) is 17.2 Å². The van der Waals surface area contributed by atoms with E-state index in [-0.39, 0.29) is 0 Å². The van der Waals surface area contributed by atoms with E-state index in [9.17, 15) is 0 Å². The minimum Gasteiger partial charge on any atom is -0.255 e. The second-order valence-electron chi connectivity index (χ2n) is 3.61. The van der Waals surface area contributed by atoms with Gasteiger partial charge in [-0.3, -0.25) is 9.99 Å². The molecule has 0 aliphatic carbocycles. The average molecular weight is 226 g/mol. The third-order valence-electron chi connectivity index (χ3n) is 2.32. The lowest BCUT2D eigenvalue weighted by atomic mass is 10.3. The van der Waals surface area contributed by atoms with Gasteiger partial charge in [-0.1, -0.05) is 12.1 Å². The van der Waals surface area contributed by atoms with Crippen molar-refractivity contribution in [3.8, 4) is 0 Å². The zero-order chi connectivity index (χ0) is 12.1. The summed E-state index contributed by atoms with van der Waals surface area (Å²) in [5.74, 6) is 0.808. The van der Waals surface area contributed by atoms with Gasteiger partial charge in [-0.2, -0.15) is 5.10 Å². The van der Waals surface area contributed by atoms with Crippen molar-refractivity contribution in [1.82, 2.24) is 9.97 Å². The third-order valence-corrected chi connectivity index (χ3v) is 2.32. The van der Waals surface area contributed by atoms with Gasteiger partial charge in [-0.05, 0) is 31.2 Å². The molecule has 0 unspecified atom stereocenters. The van der Waals surface area contributed by atoms with Crippen LogP contribution in [0.1, 0.15) is 12.6 Å². The molecule has 86 valence electrons. The molecule has 0 aliphatic heterocycles. The van der Waals surface area contributed by atoms with Crippen molar-refractivity contribution in [2.45, 2.75) is 6.92 Å². The maximum Gasteiger partial charge on any atom is 0.148 e. The molecule has 0 bridgehead atoms. The summed E-state index contributed by atoms with van der Waals surface area (Å²) in [5.41, 5.74) is 1.73. The van der Waals surface area contributed by atoms with Crippen LogP contribution in [-0.4, -0.2) is 22.7 Å². The normalized spacial score (nSPS) is 11.3. The van der Waals surface area contributed by atoms with Gasteiger partial charge in [0.25, 0.3) is 0 Å². The van der Waals surface area contributed by atoms with E-state index in [0.29, 0.717) is 0 Å². The van der Waals surface area contributed by atoms with Crippen molar-refractivity contribution in [2.24, 2.45) is 5.10 Å². The molecule has 2 aromatic rings. The van der Waals surface area contributed by atoms with Gasteiger partial charge in [-0.15, -0.1) is 0 Å². The summed E-state index contributed by atoms with van der Waals surface area (Å²) >= 11 is 0. The van der Waals surface area contributed by atoms with Crippen LogP contribution in [-0.2, 0) is 0 Å². The summed E-state index contributed by atoms with van der Waals surface area (Å²) in [6, 6.07) is 11.5. The van der Waals surface area contributed by atoms with Gasteiger partial charge in [0.2, 0.25) is 0 Å². The van der Waals surface area contributed by atoms with E-state index >= 15 is 0 Å². The first-order valence-corrected chi connectivity index (χ1v) is 5.39. The number of hydrazone groups is 1. The standard InChI is InChI=1S/C13H14N4/c1-11(12-7-3-5-9-14-12)16-17(2)13-8-4-6-10-15-13/h3-10H,1-2H3/b16-11+. The van der Waals surface area contributed by atoms with E-state index in [4.69, 9.17) is 0 Å². The van der Waals surface area contributed by atoms with Gasteiger partial charge >= 0.3 is 0 Å². The largest absolute Gasteiger partial charge is 0.255 e. The Hall–Kier alpha value is -2.23. The van der Waals surface area contributed by atoms with Gasteiger partial charge in [0, 0.05) is 19.4 Å². The molecule has 0 amide bonds. The van der Waals surface area contributed by atoms with Crippen LogP contribution in [0.15, 0.2) is 53.9 Å². The Kier molecular flexibility index (Phi) is 3.45. The lowest BCUT2D eigenvalue weighted by molar-refractivity contribution is 0.973. The van der Waals surface area contributed by atoms with E-state index in [2.05, 4.69) is 15.1 Å². The molecule has 0 aromatic carbocycles. The third kappa shape index (κ3) is 2.87. The number of hydrogen-bond donors (Lipinski definition) is 0. The van der Waals surface area contributed by atoms with Gasteiger partial charge < -0.3 is 0 Å². The molecular weight excluding hydrogens is 212 g/mol. The number of pyridine rings is 2. The van der Waals surface area contributed by atoms with Crippen molar-refractivity contribution in [3.05, 3.63) is 54.5 Å². The predicted octanol–water partition coefficient (Wildman–Crippen LogP) is 2.34. The van der Waals surface area contributed by atoms with E-state index in [1.54, 1.807) is 17.4 Å². The van der Waals surface area contributed by atoms with Crippen LogP contribution < -0.4 is 5.01 Å². The molecular formula is C13H14N4. The van der Waals surface area contributed by atoms with Gasteiger partial charge in [0.05, 0.1) is 11.4 Å². The minimum absolute atomic E-state index is 0.808. The van der Waals surface area contributed by atoms with Crippen LogP contribution >= 0.6 is 0 Å². The highest BCUT2D eigenvalue weighted by Crippen LogP contribution is 2.08. The Balaban J connectivity index is 2.20. The zero-order valence-electron chi connectivity index (χ0n) is 9.91. The highest BCUT2D eigenvalue weighted by atomic mass is 15.5. The Morgan fingerprint density at radius 1 is 1.06 bits per heavy atom. The summed E-state index contributed by atoms with van der Waals surface area (Å²) in [4.78, 5) is 8.47. The van der Waals surface area contributed by atoms with E-state index < -0.39 is 0 Å². The highest BCUT2D eigenvalue weighted by molar-refractivity contribution is 5.97. The summed E-state index contributed by atoms with van der Waals surface area (Å²) in [6.07, 6.45) is 3.51. The Labute approximate surface area is 101 Å². The van der Waals surface area contributed by atoms with Crippen LogP contribution in [0.3, 0.4) is 0 Å². The molecule has 0 spiro atoms. The average Bonchev–Trinajstić information content (AvgIpc) is 2.40. The number of hydrogen-bond acceptors (Lipinski definition) is 4. The van der Waals surface area contributed by atoms with Gasteiger partial charge in [0.1, 0.15) is 5.82 Å². The molecule has 0 N–H and O–H groups in total. The van der Waals surface area contributed by atoms with Crippen LogP contribution in [0.4, 0.5) is 5.82 Å². The fourth-order valence-corrected chi connectivity index (χ4v) is 1.45. The van der Waals surface area contributed by atoms with Crippen molar-refractivity contribution in [1.29, 1.82) is 0 Å². The van der Waals surface area contributed by atoms with Crippen LogP contribution in [0.5, 0.6) is 0 Å². The second kappa shape index (κ2) is 5.21. The van der Waals surface area contributed by atoms with Crippen molar-refractivity contribution >= 4 is 11.5 Å². The molecule has 0 aliphatic rings. The Morgan fingerprint density at radius 3 is 2.35 bits per heavy atom. The van der Waals surface area contributed by atoms with Crippen molar-refractivity contribution in [3.63, 3.8) is 0 Å². The number of nitrogens with zero attached hydrogens (tertiary/aromatic N) is 4. The minimum atomic E-state index is 0.808. The topological polar surface area (TPSA) is 41.4 Å². The van der Waals surface area contributed by atoms with Gasteiger partial charge in [0.15, 0.2) is 0 Å². The molecule has 17 heavy (non-hydrogen) atoms. The number of aromatic nitrogens is 2. The highest BCUT2D eigenvalue weighted by Gasteiger charge is 2.02. The van der Waals surface area contributed by atoms with Crippen molar-refractivity contribution in [2.75, 3.05) is 12.1 Å². The predicted molar refractivity (Wildman–Crippen MR) is 69.1 cm³/mol. The summed E-state index contributed by atoms with van der Waals surface area (Å²) in [7, 11) is 1.87. The lowest BCUT2D eigenvalue weighted by Crippen LogP contribution is -2.13. The SMILES string of the molecule is C/C(=N\N(C)c1ccccn1)c1ccccn1. The molecule has 4 nitrogen and oxygen atoms in total. The molecule has 4 heteroatoms. The fourth-order valence-electron chi connectivity index (χ4n) is 1.45. The smallest absolute Gasteiger partial charge is 0.148 e. The van der Waals surface area contributed by atoms with E-state index in [1.165, 1.54) is 0 Å². The molecule has 0 fully saturated rings. The van der Waals surface area contributed by atoms with Crippen LogP contribution in [0.2, 0.25) is 0 Å². The second-order valence-corrected chi connectivity index (χ2v) is 3.61. The van der Waals surface area contributed by atoms with Crippen LogP contribution in [0.25, 0.3) is 0 Å². The number of rotatable bonds is 3. The monoisotopic (exact) mass is 226 g/mol. The quantitative estimate of drug-likeness (QED) is 0.596. The first-order chi connectivity index (χ1) is 8.27. The first-order valence-electron chi connectivity index (χ1n) is 5.39. The summed E-state index contributed by atoms with van der Waals surface area (Å²) < 4.78 is 0. The van der Waals surface area contributed by atoms with Gasteiger partial charge in [-0.25, -0.2) is 4.98 Å². The molecule has 2 rings (SSSR count). The molecule has 0 radical (unpaired) electrons. The molecule has 0 saturated heterocycles. The zero-order valence-corrected chi connectivity index (χ0v) is 9.91. The summed E-state index contributed by atoms with van der Waals surface area (Å²) in [6.45, 7) is 1.93. The lowest BCUT2D eigenvalue weighted by Gasteiger charge is -2.12. The first kappa shape index (κ1) is 11.3. The molecule has 2 heterocycles. The van der Waals surface area contributed by atoms with Crippen molar-refractivity contribution < 1.29 is 0 Å². The Morgan fingerprint density at radius 2 is 1.76 bits per heavy atom. The maximum absolute atomic E-state index is 4.44. The summed E-state index contributed by atoms with van der Waals surface area (Å²) in [5, 5.41) is 6.18. The fraction of sp³-hybridized carbons (Fsp3) is 0.154. The Bertz CT molecular complexity index is 493. The molecule has 2 aromatic heterocycles. The van der Waals surface area contributed by atoms with Crippen LogP contribution in [0, 0.1) is 0 Å².